The molecule has 0 aromatic heterocycles. The first-order valence-corrected chi connectivity index (χ1v) is 15.0. The van der Waals surface area contributed by atoms with Gasteiger partial charge in [0, 0.05) is 0 Å². The number of benzene rings is 3. The monoisotopic (exact) mass is 613 g/mol. The van der Waals surface area contributed by atoms with E-state index in [1.165, 1.54) is 45.6 Å². The average molecular weight is 614 g/mol. The van der Waals surface area contributed by atoms with E-state index in [2.05, 4.69) is 0 Å². The number of hydrogen-bond acceptors (Lipinski definition) is 10. The van der Waals surface area contributed by atoms with Crippen LogP contribution in [0.15, 0.2) is 71.6 Å². The van der Waals surface area contributed by atoms with E-state index in [1.807, 2.05) is 6.92 Å². The fourth-order valence-electron chi connectivity index (χ4n) is 5.09. The van der Waals surface area contributed by atoms with Crippen molar-refractivity contribution in [1.82, 2.24) is 4.31 Å². The third-order valence-corrected chi connectivity index (χ3v) is 8.90. The van der Waals surface area contributed by atoms with Crippen LogP contribution in [-0.4, -0.2) is 64.7 Å². The lowest BCUT2D eigenvalue weighted by Gasteiger charge is -2.36. The molecule has 0 bridgehead atoms. The number of methoxy groups -OCH3 is 3. The average Bonchev–Trinajstić information content (AvgIpc) is 3.39. The first-order chi connectivity index (χ1) is 20.6. The molecule has 1 heterocycles. The van der Waals surface area contributed by atoms with Crippen LogP contribution in [0, 0.1) is 6.92 Å². The summed E-state index contributed by atoms with van der Waals surface area (Å²) in [6, 6.07) is 17.4. The Bertz CT molecular complexity index is 1510. The van der Waals surface area contributed by atoms with Gasteiger partial charge in [0.1, 0.15) is 6.10 Å². The summed E-state index contributed by atoms with van der Waals surface area (Å²) in [7, 11) is -0.419. The highest BCUT2D eigenvalue weighted by atomic mass is 32.2. The van der Waals surface area contributed by atoms with E-state index in [1.54, 1.807) is 56.3 Å². The molecule has 1 unspecified atom stereocenters. The molecule has 0 saturated carbocycles. The minimum Gasteiger partial charge on any atom is -0.493 e. The first kappa shape index (κ1) is 31.8. The van der Waals surface area contributed by atoms with Crippen LogP contribution < -0.4 is 14.2 Å². The molecule has 43 heavy (non-hydrogen) atoms. The summed E-state index contributed by atoms with van der Waals surface area (Å²) < 4.78 is 64.0. The number of carbonyl (C=O) groups is 2. The first-order valence-electron chi connectivity index (χ1n) is 13.6. The Morgan fingerprint density at radius 2 is 1.35 bits per heavy atom. The molecule has 1 aliphatic heterocycles. The minimum atomic E-state index is -4.65. The van der Waals surface area contributed by atoms with Crippen LogP contribution in [0.1, 0.15) is 42.9 Å². The molecule has 230 valence electrons. The van der Waals surface area contributed by atoms with Crippen LogP contribution in [0.3, 0.4) is 0 Å². The Morgan fingerprint density at radius 1 is 0.814 bits per heavy atom. The van der Waals surface area contributed by atoms with Crippen LogP contribution in [-0.2, 0) is 33.8 Å². The highest BCUT2D eigenvalue weighted by Gasteiger charge is 2.71. The van der Waals surface area contributed by atoms with Crippen molar-refractivity contribution in [2.45, 2.75) is 43.5 Å². The zero-order valence-corrected chi connectivity index (χ0v) is 25.7. The highest BCUT2D eigenvalue weighted by molar-refractivity contribution is 7.89. The number of esters is 2. The number of carbonyl (C=O) groups excluding carboxylic acids is 2. The molecular weight excluding hydrogens is 578 g/mol. The predicted octanol–water partition coefficient (Wildman–Crippen LogP) is 4.35. The van der Waals surface area contributed by atoms with Gasteiger partial charge in [-0.1, -0.05) is 48.0 Å². The smallest absolute Gasteiger partial charge is 0.342 e. The zero-order valence-electron chi connectivity index (χ0n) is 24.9. The Balaban J connectivity index is 2.13. The summed E-state index contributed by atoms with van der Waals surface area (Å²) in [5, 5.41) is 0. The fraction of sp³-hybridized carbons (Fsp3) is 0.355. The second-order valence-corrected chi connectivity index (χ2v) is 11.4. The van der Waals surface area contributed by atoms with Gasteiger partial charge in [0.05, 0.1) is 39.4 Å². The molecule has 11 nitrogen and oxygen atoms in total. The van der Waals surface area contributed by atoms with Crippen molar-refractivity contribution in [3.8, 4) is 17.2 Å². The lowest BCUT2D eigenvalue weighted by Crippen LogP contribution is -2.62. The Kier molecular flexibility index (Phi) is 9.63. The van der Waals surface area contributed by atoms with Crippen molar-refractivity contribution in [3.05, 3.63) is 83.4 Å². The molecule has 0 radical (unpaired) electrons. The predicted molar refractivity (Wildman–Crippen MR) is 155 cm³/mol. The SMILES string of the molecule is CCOC(=O)C1(C(=O)OCC)[C@H](c2cc(OC)c(OC)c(OC)c2)OC(c2ccccc2)N1S(=O)(=O)c1ccc(C)cc1. The minimum absolute atomic E-state index is 0.156. The van der Waals surface area contributed by atoms with E-state index in [-0.39, 0.29) is 40.9 Å². The topological polar surface area (TPSA) is 127 Å². The fourth-order valence-corrected chi connectivity index (χ4v) is 6.84. The van der Waals surface area contributed by atoms with Crippen LogP contribution >= 0.6 is 0 Å². The maximum absolute atomic E-state index is 14.6. The molecule has 0 spiro atoms. The standard InChI is InChI=1S/C31H35NO10S/c1-7-40-29(33)31(30(34)41-8-2)27(22-18-24(37-4)26(39-6)25(19-22)38-5)42-28(21-12-10-9-11-13-21)32(31)43(35,36)23-16-14-20(3)15-17-23/h9-19,27-28H,7-8H2,1-6H3/t27-,28?/m0/s1. The van der Waals surface area contributed by atoms with Crippen LogP contribution in [0.2, 0.25) is 0 Å². The van der Waals surface area contributed by atoms with E-state index in [9.17, 15) is 18.0 Å². The molecule has 4 rings (SSSR count). The Morgan fingerprint density at radius 3 is 1.81 bits per heavy atom. The van der Waals surface area contributed by atoms with Gasteiger partial charge in [-0.2, -0.15) is 0 Å². The summed E-state index contributed by atoms with van der Waals surface area (Å²) in [5.74, 6) is -1.70. The Labute approximate surface area is 251 Å². The van der Waals surface area contributed by atoms with Crippen LogP contribution in [0.5, 0.6) is 17.2 Å². The maximum Gasteiger partial charge on any atom is 0.342 e. The third-order valence-electron chi connectivity index (χ3n) is 7.03. The molecule has 12 heteroatoms. The second-order valence-electron chi connectivity index (χ2n) is 9.56. The number of nitrogens with zero attached hydrogens (tertiary/aromatic N) is 1. The molecule has 1 fully saturated rings. The second kappa shape index (κ2) is 13.0. The summed E-state index contributed by atoms with van der Waals surface area (Å²) >= 11 is 0. The molecule has 1 saturated heterocycles. The lowest BCUT2D eigenvalue weighted by atomic mass is 9.87. The normalized spacial score (nSPS) is 18.1. The van der Waals surface area contributed by atoms with Crippen LogP contribution in [0.25, 0.3) is 0 Å². The molecule has 0 N–H and O–H groups in total. The Hall–Kier alpha value is -4.13. The van der Waals surface area contributed by atoms with Gasteiger partial charge in [-0.3, -0.25) is 0 Å². The van der Waals surface area contributed by atoms with E-state index in [0.29, 0.717) is 5.56 Å². The van der Waals surface area contributed by atoms with Crippen molar-refractivity contribution in [1.29, 1.82) is 0 Å². The van der Waals surface area contributed by atoms with Gasteiger partial charge < -0.3 is 28.4 Å². The molecule has 1 aliphatic rings. The van der Waals surface area contributed by atoms with Gasteiger partial charge in [-0.25, -0.2) is 18.0 Å². The van der Waals surface area contributed by atoms with Crippen molar-refractivity contribution in [3.63, 3.8) is 0 Å². The van der Waals surface area contributed by atoms with Gasteiger partial charge in [0.15, 0.2) is 17.7 Å². The number of rotatable bonds is 11. The number of ether oxygens (including phenoxy) is 6. The van der Waals surface area contributed by atoms with Crippen LogP contribution in [0.4, 0.5) is 0 Å². The molecule has 3 aromatic carbocycles. The highest BCUT2D eigenvalue weighted by Crippen LogP contribution is 2.55. The quantitative estimate of drug-likeness (QED) is 0.228. The maximum atomic E-state index is 14.6. The van der Waals surface area contributed by atoms with Gasteiger partial charge >= 0.3 is 11.9 Å². The number of hydrogen-bond donors (Lipinski definition) is 0. The third kappa shape index (κ3) is 5.53. The number of sulfonamides is 1. The summed E-state index contributed by atoms with van der Waals surface area (Å²) in [6.45, 7) is 4.60. The van der Waals surface area contributed by atoms with Gasteiger partial charge in [-0.15, -0.1) is 4.31 Å². The lowest BCUT2D eigenvalue weighted by molar-refractivity contribution is -0.172. The molecule has 0 aliphatic carbocycles. The van der Waals surface area contributed by atoms with E-state index < -0.39 is 39.8 Å². The zero-order chi connectivity index (χ0) is 31.4. The van der Waals surface area contributed by atoms with E-state index >= 15 is 0 Å². The molecular formula is C31H35NO10S. The molecule has 0 amide bonds. The van der Waals surface area contributed by atoms with Crippen molar-refractivity contribution >= 4 is 22.0 Å². The summed E-state index contributed by atoms with van der Waals surface area (Å²) in [4.78, 5) is 28.3. The van der Waals surface area contributed by atoms with Crippen molar-refractivity contribution < 1.29 is 46.4 Å². The number of aryl methyl sites for hydroxylation is 1. The van der Waals surface area contributed by atoms with E-state index in [0.717, 1.165) is 9.87 Å². The van der Waals surface area contributed by atoms with Crippen molar-refractivity contribution in [2.75, 3.05) is 34.5 Å². The van der Waals surface area contributed by atoms with Gasteiger partial charge in [0.2, 0.25) is 15.8 Å². The molecule has 2 atom stereocenters. The van der Waals surface area contributed by atoms with E-state index in [4.69, 9.17) is 28.4 Å². The van der Waals surface area contributed by atoms with Gasteiger partial charge in [0.25, 0.3) is 5.54 Å². The molecule has 3 aromatic rings. The summed E-state index contributed by atoms with van der Waals surface area (Å²) in [5.41, 5.74) is -1.31. The van der Waals surface area contributed by atoms with Gasteiger partial charge in [-0.05, 0) is 56.2 Å². The largest absolute Gasteiger partial charge is 0.493 e. The van der Waals surface area contributed by atoms with Crippen molar-refractivity contribution in [2.24, 2.45) is 0 Å². The summed E-state index contributed by atoms with van der Waals surface area (Å²) in [6.07, 6.45) is -3.03.